The topological polar surface area (TPSA) is 49.4 Å². The van der Waals surface area contributed by atoms with Crippen molar-refractivity contribution < 1.29 is 9.59 Å². The zero-order chi connectivity index (χ0) is 11.8. The van der Waals surface area contributed by atoms with E-state index < -0.39 is 0 Å². The number of hydrogen-bond donors (Lipinski definition) is 1. The van der Waals surface area contributed by atoms with Crippen molar-refractivity contribution in [3.63, 3.8) is 0 Å². The molecule has 0 fully saturated rings. The molecule has 1 unspecified atom stereocenters. The largest absolute Gasteiger partial charge is 0.355 e. The Balaban J connectivity index is 4.23. The Bertz CT molecular complexity index is 217. The van der Waals surface area contributed by atoms with E-state index in [1.54, 1.807) is 0 Å². The van der Waals surface area contributed by atoms with Crippen LogP contribution in [0.3, 0.4) is 0 Å². The number of likely N-dealkylation sites (N-methyl/N-ethyl adjacent to an activating group) is 2. The van der Waals surface area contributed by atoms with Gasteiger partial charge in [0.1, 0.15) is 5.78 Å². The van der Waals surface area contributed by atoms with Gasteiger partial charge < -0.3 is 5.32 Å². The van der Waals surface area contributed by atoms with E-state index in [0.717, 1.165) is 0 Å². The van der Waals surface area contributed by atoms with Crippen molar-refractivity contribution in [3.8, 4) is 0 Å². The highest BCUT2D eigenvalue weighted by Gasteiger charge is 2.20. The number of rotatable bonds is 7. The van der Waals surface area contributed by atoms with Crippen LogP contribution in [0.25, 0.3) is 0 Å². The molecule has 1 amide bonds. The number of nitrogens with one attached hydrogen (secondary N) is 1. The van der Waals surface area contributed by atoms with Gasteiger partial charge in [-0.1, -0.05) is 13.8 Å². The molecule has 0 aliphatic heterocycles. The summed E-state index contributed by atoms with van der Waals surface area (Å²) in [5.74, 6) is 0.163. The second-order valence-corrected chi connectivity index (χ2v) is 3.51. The maximum absolute atomic E-state index is 11.5. The highest BCUT2D eigenvalue weighted by Crippen LogP contribution is 2.02. The van der Waals surface area contributed by atoms with Gasteiger partial charge >= 0.3 is 0 Å². The van der Waals surface area contributed by atoms with E-state index in [4.69, 9.17) is 0 Å². The number of Topliss-reactive ketones (excluding diaryl/α,β-unsaturated/α-hetero) is 1. The smallest absolute Gasteiger partial charge is 0.234 e. The van der Waals surface area contributed by atoms with E-state index >= 15 is 0 Å². The number of nitrogens with zero attached hydrogens (tertiary/aromatic N) is 1. The van der Waals surface area contributed by atoms with Crippen LogP contribution in [0.5, 0.6) is 0 Å². The summed E-state index contributed by atoms with van der Waals surface area (Å²) in [6.45, 7) is 9.19. The van der Waals surface area contributed by atoms with E-state index in [1.165, 1.54) is 0 Å². The van der Waals surface area contributed by atoms with E-state index in [0.29, 0.717) is 26.1 Å². The van der Waals surface area contributed by atoms with Crippen LogP contribution in [0.4, 0.5) is 0 Å². The predicted octanol–water partition coefficient (Wildman–Crippen LogP) is 0.812. The normalized spacial score (nSPS) is 12.6. The summed E-state index contributed by atoms with van der Waals surface area (Å²) >= 11 is 0. The fraction of sp³-hybridized carbons (Fsp3) is 0.818. The van der Waals surface area contributed by atoms with Crippen molar-refractivity contribution in [1.29, 1.82) is 0 Å². The molecule has 0 bridgehead atoms. The monoisotopic (exact) mass is 214 g/mol. The van der Waals surface area contributed by atoms with Gasteiger partial charge in [-0.05, 0) is 20.4 Å². The van der Waals surface area contributed by atoms with Crippen LogP contribution >= 0.6 is 0 Å². The fourth-order valence-corrected chi connectivity index (χ4v) is 1.46. The van der Waals surface area contributed by atoms with Crippen LogP contribution < -0.4 is 5.32 Å². The van der Waals surface area contributed by atoms with Gasteiger partial charge in [0.25, 0.3) is 0 Å². The van der Waals surface area contributed by atoms with Gasteiger partial charge in [0, 0.05) is 13.0 Å². The van der Waals surface area contributed by atoms with Crippen LogP contribution in [0.15, 0.2) is 0 Å². The first-order chi connectivity index (χ1) is 7.06. The van der Waals surface area contributed by atoms with Gasteiger partial charge in [-0.3, -0.25) is 14.5 Å². The zero-order valence-corrected chi connectivity index (χ0v) is 10.2. The molecule has 0 aliphatic carbocycles. The molecule has 0 saturated heterocycles. The maximum Gasteiger partial charge on any atom is 0.234 e. The van der Waals surface area contributed by atoms with E-state index in [-0.39, 0.29) is 17.7 Å². The van der Waals surface area contributed by atoms with Crippen LogP contribution in [-0.2, 0) is 9.59 Å². The van der Waals surface area contributed by atoms with Gasteiger partial charge in [-0.2, -0.15) is 0 Å². The highest BCUT2D eigenvalue weighted by molar-refractivity contribution is 5.84. The molecule has 0 spiro atoms. The molecule has 1 atom stereocenters. The SMILES string of the molecule is CCNC(=O)CN(CC)C(C)C(=O)CC. The first-order valence-corrected chi connectivity index (χ1v) is 5.60. The van der Waals surface area contributed by atoms with Crippen LogP contribution in [-0.4, -0.2) is 42.3 Å². The lowest BCUT2D eigenvalue weighted by atomic mass is 10.1. The molecule has 0 aliphatic rings. The third-order valence-corrected chi connectivity index (χ3v) is 2.49. The molecule has 4 nitrogen and oxygen atoms in total. The molecule has 0 aromatic rings. The molecule has 1 N–H and O–H groups in total. The number of hydrogen-bond acceptors (Lipinski definition) is 3. The van der Waals surface area contributed by atoms with Crippen LogP contribution in [0, 0.1) is 0 Å². The first kappa shape index (κ1) is 14.1. The standard InChI is InChI=1S/C11H22N2O2/c1-5-10(14)9(4)13(7-3)8-11(15)12-6-2/h9H,5-8H2,1-4H3,(H,12,15). The third-order valence-electron chi connectivity index (χ3n) is 2.49. The van der Waals surface area contributed by atoms with Crippen molar-refractivity contribution in [3.05, 3.63) is 0 Å². The van der Waals surface area contributed by atoms with Crippen LogP contribution in [0.2, 0.25) is 0 Å². The average molecular weight is 214 g/mol. The molecule has 0 aromatic carbocycles. The minimum absolute atomic E-state index is 0.0184. The van der Waals surface area contributed by atoms with Crippen molar-refractivity contribution in [1.82, 2.24) is 10.2 Å². The molecule has 15 heavy (non-hydrogen) atoms. The summed E-state index contributed by atoms with van der Waals surface area (Å²) in [5.41, 5.74) is 0. The molecule has 0 aromatic heterocycles. The van der Waals surface area contributed by atoms with Crippen molar-refractivity contribution in [2.75, 3.05) is 19.6 Å². The summed E-state index contributed by atoms with van der Waals surface area (Å²) in [7, 11) is 0. The summed E-state index contributed by atoms with van der Waals surface area (Å²) in [5, 5.41) is 2.73. The fourth-order valence-electron chi connectivity index (χ4n) is 1.46. The lowest BCUT2D eigenvalue weighted by molar-refractivity contribution is -0.126. The summed E-state index contributed by atoms with van der Waals surface area (Å²) in [4.78, 5) is 24.7. The number of ketones is 1. The van der Waals surface area contributed by atoms with Crippen molar-refractivity contribution in [2.24, 2.45) is 0 Å². The Morgan fingerprint density at radius 2 is 1.87 bits per heavy atom. The molecule has 0 rings (SSSR count). The maximum atomic E-state index is 11.5. The van der Waals surface area contributed by atoms with Crippen LogP contribution in [0.1, 0.15) is 34.1 Å². The van der Waals surface area contributed by atoms with E-state index in [2.05, 4.69) is 5.32 Å². The third kappa shape index (κ3) is 4.93. The quantitative estimate of drug-likeness (QED) is 0.682. The lowest BCUT2D eigenvalue weighted by Gasteiger charge is -2.25. The summed E-state index contributed by atoms with van der Waals surface area (Å²) in [6, 6.07) is -0.164. The molecule has 4 heteroatoms. The number of amides is 1. The Kier molecular flexibility index (Phi) is 6.96. The Morgan fingerprint density at radius 3 is 2.27 bits per heavy atom. The van der Waals surface area contributed by atoms with Gasteiger partial charge in [0.05, 0.1) is 12.6 Å². The van der Waals surface area contributed by atoms with Gasteiger partial charge in [-0.15, -0.1) is 0 Å². The molecule has 0 saturated carbocycles. The average Bonchev–Trinajstić information content (AvgIpc) is 2.24. The summed E-state index contributed by atoms with van der Waals surface area (Å²) in [6.07, 6.45) is 0.521. The molecule has 88 valence electrons. The van der Waals surface area contributed by atoms with E-state index in [9.17, 15) is 9.59 Å². The minimum atomic E-state index is -0.164. The number of carbonyl (C=O) groups excluding carboxylic acids is 2. The molecule has 0 heterocycles. The first-order valence-electron chi connectivity index (χ1n) is 5.60. The highest BCUT2D eigenvalue weighted by atomic mass is 16.2. The summed E-state index contributed by atoms with van der Waals surface area (Å²) < 4.78 is 0. The van der Waals surface area contributed by atoms with Crippen molar-refractivity contribution >= 4 is 11.7 Å². The Labute approximate surface area is 92.0 Å². The Hall–Kier alpha value is -0.900. The van der Waals surface area contributed by atoms with Crippen molar-refractivity contribution in [2.45, 2.75) is 40.2 Å². The van der Waals surface area contributed by atoms with E-state index in [1.807, 2.05) is 32.6 Å². The zero-order valence-electron chi connectivity index (χ0n) is 10.2. The van der Waals surface area contributed by atoms with Gasteiger partial charge in [-0.25, -0.2) is 0 Å². The molecule has 0 radical (unpaired) electrons. The van der Waals surface area contributed by atoms with Gasteiger partial charge in [0.2, 0.25) is 5.91 Å². The second-order valence-electron chi connectivity index (χ2n) is 3.51. The molecular weight excluding hydrogens is 192 g/mol. The van der Waals surface area contributed by atoms with Gasteiger partial charge in [0.15, 0.2) is 0 Å². The lowest BCUT2D eigenvalue weighted by Crippen LogP contribution is -2.44. The molecular formula is C11H22N2O2. The second kappa shape index (κ2) is 7.40. The predicted molar refractivity (Wildman–Crippen MR) is 60.7 cm³/mol. The minimum Gasteiger partial charge on any atom is -0.355 e. The number of carbonyl (C=O) groups is 2. The Morgan fingerprint density at radius 1 is 1.27 bits per heavy atom.